The van der Waals surface area contributed by atoms with Gasteiger partial charge in [0.2, 0.25) is 5.91 Å². The Kier molecular flexibility index (Phi) is 3.97. The summed E-state index contributed by atoms with van der Waals surface area (Å²) in [6.07, 6.45) is 6.32. The summed E-state index contributed by atoms with van der Waals surface area (Å²) < 4.78 is 2.00. The van der Waals surface area contributed by atoms with E-state index in [0.717, 1.165) is 31.0 Å². The van der Waals surface area contributed by atoms with Crippen molar-refractivity contribution in [2.45, 2.75) is 42.1 Å². The van der Waals surface area contributed by atoms with Gasteiger partial charge in [0, 0.05) is 24.7 Å². The van der Waals surface area contributed by atoms with Crippen LogP contribution in [0, 0.1) is 0 Å². The van der Waals surface area contributed by atoms with Gasteiger partial charge in [0.1, 0.15) is 0 Å². The summed E-state index contributed by atoms with van der Waals surface area (Å²) in [6, 6.07) is 0. The molecular formula is C12H20N4OS. The lowest BCUT2D eigenvalue weighted by atomic mass is 9.97. The number of nitrogens with one attached hydrogen (secondary N) is 1. The third kappa shape index (κ3) is 2.54. The van der Waals surface area contributed by atoms with E-state index in [1.54, 1.807) is 18.0 Å². The molecule has 0 spiro atoms. The first kappa shape index (κ1) is 13.4. The highest BCUT2D eigenvalue weighted by Gasteiger charge is 2.43. The quantitative estimate of drug-likeness (QED) is 0.832. The zero-order valence-electron chi connectivity index (χ0n) is 10.8. The largest absolute Gasteiger partial charge is 0.368 e. The lowest BCUT2D eigenvalue weighted by Gasteiger charge is -2.26. The van der Waals surface area contributed by atoms with Crippen LogP contribution in [0.4, 0.5) is 0 Å². The molecule has 3 N–H and O–H groups in total. The van der Waals surface area contributed by atoms with Gasteiger partial charge in [-0.25, -0.2) is 4.98 Å². The van der Waals surface area contributed by atoms with Crippen LogP contribution in [0.25, 0.3) is 0 Å². The maximum Gasteiger partial charge on any atom is 0.237 e. The number of nitrogens with two attached hydrogens (primary N) is 1. The standard InChI is InChI=1S/C12H20N4OS/c1-3-15-12(10(13)17)5-4-9(8-12)18-11-14-6-7-16(11)2/h6-7,9,15H,3-5,8H2,1-2H3,(H2,13,17). The molecule has 5 nitrogen and oxygen atoms in total. The summed E-state index contributed by atoms with van der Waals surface area (Å²) in [7, 11) is 1.98. The Hall–Kier alpha value is -1.01. The predicted molar refractivity (Wildman–Crippen MR) is 72.3 cm³/mol. The Morgan fingerprint density at radius 1 is 1.78 bits per heavy atom. The lowest BCUT2D eigenvalue weighted by molar-refractivity contribution is -0.124. The lowest BCUT2D eigenvalue weighted by Crippen LogP contribution is -2.53. The molecular weight excluding hydrogens is 248 g/mol. The Morgan fingerprint density at radius 2 is 2.56 bits per heavy atom. The molecule has 1 heterocycles. The molecule has 1 aromatic rings. The molecule has 0 aliphatic heterocycles. The van der Waals surface area contributed by atoms with Gasteiger partial charge >= 0.3 is 0 Å². The van der Waals surface area contributed by atoms with Gasteiger partial charge in [-0.05, 0) is 25.8 Å². The van der Waals surface area contributed by atoms with Crippen LogP contribution in [0.15, 0.2) is 17.6 Å². The van der Waals surface area contributed by atoms with Gasteiger partial charge in [-0.3, -0.25) is 4.79 Å². The average molecular weight is 268 g/mol. The molecule has 0 radical (unpaired) electrons. The van der Waals surface area contributed by atoms with Crippen molar-refractivity contribution >= 4 is 17.7 Å². The van der Waals surface area contributed by atoms with Gasteiger partial charge < -0.3 is 15.6 Å². The number of carbonyl (C=O) groups is 1. The minimum Gasteiger partial charge on any atom is -0.368 e. The van der Waals surface area contributed by atoms with Crippen LogP contribution >= 0.6 is 11.8 Å². The fourth-order valence-corrected chi connectivity index (χ4v) is 3.78. The third-order valence-electron chi connectivity index (χ3n) is 3.51. The van der Waals surface area contributed by atoms with E-state index >= 15 is 0 Å². The second-order valence-electron chi connectivity index (χ2n) is 4.78. The number of thioether (sulfide) groups is 1. The highest BCUT2D eigenvalue weighted by Crippen LogP contribution is 2.39. The monoisotopic (exact) mass is 268 g/mol. The predicted octanol–water partition coefficient (Wildman–Crippen LogP) is 0.898. The highest BCUT2D eigenvalue weighted by atomic mass is 32.2. The number of aryl methyl sites for hydroxylation is 1. The van der Waals surface area contributed by atoms with Crippen LogP contribution in [-0.4, -0.2) is 32.8 Å². The van der Waals surface area contributed by atoms with Crippen molar-refractivity contribution in [2.24, 2.45) is 12.8 Å². The number of hydrogen-bond acceptors (Lipinski definition) is 4. The molecule has 0 saturated heterocycles. The zero-order valence-corrected chi connectivity index (χ0v) is 11.7. The summed E-state index contributed by atoms with van der Waals surface area (Å²) in [4.78, 5) is 16.0. The molecule has 1 amide bonds. The van der Waals surface area contributed by atoms with Crippen LogP contribution in [0.5, 0.6) is 0 Å². The summed E-state index contributed by atoms with van der Waals surface area (Å²) in [5, 5.41) is 4.66. The Balaban J connectivity index is 2.03. The molecule has 2 unspecified atom stereocenters. The van der Waals surface area contributed by atoms with E-state index in [2.05, 4.69) is 10.3 Å². The highest BCUT2D eigenvalue weighted by molar-refractivity contribution is 7.99. The molecule has 2 atom stereocenters. The first-order valence-corrected chi connectivity index (χ1v) is 7.14. The Morgan fingerprint density at radius 3 is 3.11 bits per heavy atom. The molecule has 1 saturated carbocycles. The van der Waals surface area contributed by atoms with Crippen LogP contribution in [0.3, 0.4) is 0 Å². The van der Waals surface area contributed by atoms with Crippen LogP contribution in [-0.2, 0) is 11.8 Å². The van der Waals surface area contributed by atoms with Crippen LogP contribution in [0.1, 0.15) is 26.2 Å². The van der Waals surface area contributed by atoms with E-state index in [-0.39, 0.29) is 5.91 Å². The van der Waals surface area contributed by atoms with Crippen LogP contribution < -0.4 is 11.1 Å². The fourth-order valence-electron chi connectivity index (χ4n) is 2.53. The molecule has 1 fully saturated rings. The summed E-state index contributed by atoms with van der Waals surface area (Å²) in [5.41, 5.74) is 5.04. The molecule has 6 heteroatoms. The number of carbonyl (C=O) groups excluding carboxylic acids is 1. The maximum absolute atomic E-state index is 11.7. The van der Waals surface area contributed by atoms with Crippen molar-refractivity contribution in [1.82, 2.24) is 14.9 Å². The summed E-state index contributed by atoms with van der Waals surface area (Å²) >= 11 is 1.73. The molecule has 1 aliphatic rings. The topological polar surface area (TPSA) is 72.9 Å². The first-order chi connectivity index (χ1) is 8.57. The molecule has 18 heavy (non-hydrogen) atoms. The minimum absolute atomic E-state index is 0.229. The second-order valence-corrected chi connectivity index (χ2v) is 6.05. The van der Waals surface area contributed by atoms with Crippen molar-refractivity contribution < 1.29 is 4.79 Å². The number of likely N-dealkylation sites (N-methyl/N-ethyl adjacent to an activating group) is 1. The molecule has 100 valence electrons. The maximum atomic E-state index is 11.7. The number of nitrogens with zero attached hydrogens (tertiary/aromatic N) is 2. The van der Waals surface area contributed by atoms with Gasteiger partial charge in [-0.2, -0.15) is 0 Å². The van der Waals surface area contributed by atoms with E-state index in [0.29, 0.717) is 5.25 Å². The van der Waals surface area contributed by atoms with Crippen molar-refractivity contribution in [2.75, 3.05) is 6.54 Å². The number of primary amides is 1. The van der Waals surface area contributed by atoms with Crippen LogP contribution in [0.2, 0.25) is 0 Å². The molecule has 0 bridgehead atoms. The number of rotatable bonds is 5. The minimum atomic E-state index is -0.516. The van der Waals surface area contributed by atoms with E-state index in [9.17, 15) is 4.79 Å². The van der Waals surface area contributed by atoms with E-state index in [1.165, 1.54) is 0 Å². The summed E-state index contributed by atoms with van der Waals surface area (Å²) in [6.45, 7) is 2.77. The molecule has 0 aromatic carbocycles. The van der Waals surface area contributed by atoms with Gasteiger partial charge in [0.05, 0.1) is 5.54 Å². The summed E-state index contributed by atoms with van der Waals surface area (Å²) in [5.74, 6) is -0.229. The van der Waals surface area contributed by atoms with E-state index < -0.39 is 5.54 Å². The number of hydrogen-bond donors (Lipinski definition) is 2. The number of amides is 1. The fraction of sp³-hybridized carbons (Fsp3) is 0.667. The molecule has 1 aliphatic carbocycles. The van der Waals surface area contributed by atoms with Gasteiger partial charge in [0.25, 0.3) is 0 Å². The number of imidazole rings is 1. The normalized spacial score (nSPS) is 27.6. The van der Waals surface area contributed by atoms with E-state index in [4.69, 9.17) is 5.73 Å². The molecule has 1 aromatic heterocycles. The first-order valence-electron chi connectivity index (χ1n) is 6.26. The SMILES string of the molecule is CCNC1(C(N)=O)CCC(Sc2nccn2C)C1. The van der Waals surface area contributed by atoms with E-state index in [1.807, 2.05) is 24.7 Å². The second kappa shape index (κ2) is 5.32. The van der Waals surface area contributed by atoms with Crippen molar-refractivity contribution in [3.63, 3.8) is 0 Å². The number of aromatic nitrogens is 2. The van der Waals surface area contributed by atoms with Crippen molar-refractivity contribution in [3.05, 3.63) is 12.4 Å². The van der Waals surface area contributed by atoms with Crippen molar-refractivity contribution in [3.8, 4) is 0 Å². The van der Waals surface area contributed by atoms with Gasteiger partial charge in [-0.1, -0.05) is 18.7 Å². The zero-order chi connectivity index (χ0) is 13.2. The van der Waals surface area contributed by atoms with Gasteiger partial charge in [0.15, 0.2) is 5.16 Å². The average Bonchev–Trinajstić information content (AvgIpc) is 2.89. The molecule has 2 rings (SSSR count). The Bertz CT molecular complexity index is 433. The third-order valence-corrected chi connectivity index (χ3v) is 4.85. The smallest absolute Gasteiger partial charge is 0.237 e. The van der Waals surface area contributed by atoms with Crippen molar-refractivity contribution in [1.29, 1.82) is 0 Å². The Labute approximate surface area is 112 Å². The van der Waals surface area contributed by atoms with Gasteiger partial charge in [-0.15, -0.1) is 0 Å².